The minimum absolute atomic E-state index is 0.109. The number of anilines is 1. The number of nitrogens with one attached hydrogen (secondary N) is 1. The van der Waals surface area contributed by atoms with Crippen molar-refractivity contribution in [2.24, 2.45) is 0 Å². The molecule has 0 radical (unpaired) electrons. The zero-order valence-electron chi connectivity index (χ0n) is 19.1. The summed E-state index contributed by atoms with van der Waals surface area (Å²) >= 11 is 0. The van der Waals surface area contributed by atoms with Gasteiger partial charge in [-0.1, -0.05) is 49.0 Å². The van der Waals surface area contributed by atoms with Gasteiger partial charge in [-0.15, -0.1) is 0 Å². The van der Waals surface area contributed by atoms with Crippen molar-refractivity contribution in [1.82, 2.24) is 20.4 Å². The Morgan fingerprint density at radius 3 is 2.62 bits per heavy atom. The Labute approximate surface area is 189 Å². The highest BCUT2D eigenvalue weighted by Crippen LogP contribution is 2.33. The summed E-state index contributed by atoms with van der Waals surface area (Å²) < 4.78 is 11.5. The van der Waals surface area contributed by atoms with E-state index in [1.54, 1.807) is 0 Å². The summed E-state index contributed by atoms with van der Waals surface area (Å²) in [7, 11) is 1.83. The molecule has 0 bridgehead atoms. The van der Waals surface area contributed by atoms with Gasteiger partial charge in [-0.2, -0.15) is 4.98 Å². The predicted molar refractivity (Wildman–Crippen MR) is 126 cm³/mol. The largest absolute Gasteiger partial charge is 0.378 e. The number of fused-ring (bicyclic) bond motifs is 1. The van der Waals surface area contributed by atoms with Crippen LogP contribution in [0.25, 0.3) is 22.4 Å². The van der Waals surface area contributed by atoms with Crippen LogP contribution in [0, 0.1) is 6.92 Å². The average Bonchev–Trinajstić information content (AvgIpc) is 3.09. The van der Waals surface area contributed by atoms with Crippen molar-refractivity contribution in [3.63, 3.8) is 0 Å². The van der Waals surface area contributed by atoms with Crippen LogP contribution in [0.2, 0.25) is 0 Å². The number of hydrogen-bond acceptors (Lipinski definition) is 7. The van der Waals surface area contributed by atoms with Gasteiger partial charge in [0, 0.05) is 37.7 Å². The van der Waals surface area contributed by atoms with Gasteiger partial charge < -0.3 is 19.5 Å². The predicted octanol–water partition coefficient (Wildman–Crippen LogP) is 4.50. The zero-order chi connectivity index (χ0) is 21.9. The van der Waals surface area contributed by atoms with Crippen LogP contribution in [0.1, 0.15) is 50.8 Å². The van der Waals surface area contributed by atoms with E-state index < -0.39 is 0 Å². The van der Waals surface area contributed by atoms with Gasteiger partial charge in [0.2, 0.25) is 0 Å². The van der Waals surface area contributed by atoms with Gasteiger partial charge in [0.05, 0.1) is 17.2 Å². The lowest BCUT2D eigenvalue weighted by Gasteiger charge is -2.40. The van der Waals surface area contributed by atoms with Crippen molar-refractivity contribution >= 4 is 16.7 Å². The highest BCUT2D eigenvalue weighted by molar-refractivity contribution is 5.87. The maximum absolute atomic E-state index is 5.98. The first-order valence-corrected chi connectivity index (χ1v) is 12.0. The van der Waals surface area contributed by atoms with Gasteiger partial charge in [0.15, 0.2) is 5.82 Å². The third-order valence-corrected chi connectivity index (χ3v) is 6.93. The van der Waals surface area contributed by atoms with Gasteiger partial charge in [0.1, 0.15) is 5.82 Å². The molecular weight excluding hydrogens is 402 g/mol. The molecule has 2 fully saturated rings. The molecule has 1 aromatic carbocycles. The van der Waals surface area contributed by atoms with Crippen LogP contribution < -0.4 is 10.2 Å². The molecule has 32 heavy (non-hydrogen) atoms. The molecule has 2 aliphatic rings. The highest BCUT2D eigenvalue weighted by atomic mass is 16.5. The topological polar surface area (TPSA) is 76.3 Å². The molecule has 1 saturated heterocycles. The smallest absolute Gasteiger partial charge is 0.261 e. The van der Waals surface area contributed by atoms with Crippen molar-refractivity contribution in [1.29, 1.82) is 0 Å². The van der Waals surface area contributed by atoms with Crippen LogP contribution in [-0.4, -0.2) is 53.5 Å². The zero-order valence-corrected chi connectivity index (χ0v) is 19.1. The molecular formula is C25H33N5O2. The second-order valence-electron chi connectivity index (χ2n) is 9.17. The molecule has 1 saturated carbocycles. The quantitative estimate of drug-likeness (QED) is 0.591. The minimum Gasteiger partial charge on any atom is -0.378 e. The molecule has 7 nitrogen and oxygen atoms in total. The van der Waals surface area contributed by atoms with E-state index in [4.69, 9.17) is 14.2 Å². The summed E-state index contributed by atoms with van der Waals surface area (Å²) in [5.41, 5.74) is 1.85. The fraction of sp³-hybridized carbons (Fsp3) is 0.560. The SMILES string of the molecule is COC1CN(c2nc3ccccc3cc2-c2nc(C)no2)CCC1NC1CCCCCC1. The van der Waals surface area contributed by atoms with Crippen molar-refractivity contribution in [3.8, 4) is 11.5 Å². The third kappa shape index (κ3) is 4.50. The molecule has 5 rings (SSSR count). The molecule has 1 aliphatic heterocycles. The molecule has 1 aliphatic carbocycles. The molecule has 2 atom stereocenters. The van der Waals surface area contributed by atoms with Crippen LogP contribution in [-0.2, 0) is 4.74 Å². The Morgan fingerprint density at radius 1 is 1.06 bits per heavy atom. The molecule has 1 N–H and O–H groups in total. The van der Waals surface area contributed by atoms with E-state index in [2.05, 4.69) is 38.6 Å². The van der Waals surface area contributed by atoms with E-state index in [1.165, 1.54) is 38.5 Å². The Morgan fingerprint density at radius 2 is 1.88 bits per heavy atom. The van der Waals surface area contributed by atoms with Crippen molar-refractivity contribution in [2.45, 2.75) is 70.1 Å². The van der Waals surface area contributed by atoms with Crippen LogP contribution >= 0.6 is 0 Å². The van der Waals surface area contributed by atoms with E-state index in [-0.39, 0.29) is 6.10 Å². The fourth-order valence-corrected chi connectivity index (χ4v) is 5.20. The summed E-state index contributed by atoms with van der Waals surface area (Å²) in [6.07, 6.45) is 9.10. The summed E-state index contributed by atoms with van der Waals surface area (Å²) in [6, 6.07) is 11.3. The van der Waals surface area contributed by atoms with E-state index in [9.17, 15) is 0 Å². The second-order valence-corrected chi connectivity index (χ2v) is 9.17. The lowest BCUT2D eigenvalue weighted by atomic mass is 9.98. The fourth-order valence-electron chi connectivity index (χ4n) is 5.20. The molecule has 2 aromatic heterocycles. The van der Waals surface area contributed by atoms with Crippen LogP contribution in [0.5, 0.6) is 0 Å². The number of pyridine rings is 1. The van der Waals surface area contributed by atoms with E-state index in [0.717, 1.165) is 41.8 Å². The summed E-state index contributed by atoms with van der Waals surface area (Å²) in [5, 5.41) is 9.01. The van der Waals surface area contributed by atoms with Gasteiger partial charge in [-0.05, 0) is 38.3 Å². The van der Waals surface area contributed by atoms with Crippen LogP contribution in [0.3, 0.4) is 0 Å². The first-order chi connectivity index (χ1) is 15.7. The number of ether oxygens (including phenoxy) is 1. The van der Waals surface area contributed by atoms with E-state index in [1.807, 2.05) is 26.2 Å². The van der Waals surface area contributed by atoms with E-state index in [0.29, 0.717) is 23.8 Å². The molecule has 170 valence electrons. The molecule has 3 heterocycles. The van der Waals surface area contributed by atoms with Crippen LogP contribution in [0.15, 0.2) is 34.9 Å². The number of para-hydroxylation sites is 1. The number of nitrogens with zero attached hydrogens (tertiary/aromatic N) is 4. The number of aryl methyl sites for hydroxylation is 1. The number of hydrogen-bond donors (Lipinski definition) is 1. The minimum atomic E-state index is 0.109. The summed E-state index contributed by atoms with van der Waals surface area (Å²) in [6.45, 7) is 3.54. The molecule has 0 spiro atoms. The van der Waals surface area contributed by atoms with Gasteiger partial charge in [-0.25, -0.2) is 4.98 Å². The van der Waals surface area contributed by atoms with Crippen molar-refractivity contribution in [3.05, 3.63) is 36.2 Å². The lowest BCUT2D eigenvalue weighted by molar-refractivity contribution is 0.0547. The Balaban J connectivity index is 1.41. The molecule has 3 aromatic rings. The van der Waals surface area contributed by atoms with Crippen molar-refractivity contribution in [2.75, 3.05) is 25.1 Å². The first kappa shape index (κ1) is 21.3. The maximum Gasteiger partial charge on any atom is 0.261 e. The number of aromatic nitrogens is 3. The summed E-state index contributed by atoms with van der Waals surface area (Å²) in [5.74, 6) is 2.03. The normalized spacial score (nSPS) is 22.9. The number of rotatable bonds is 5. The maximum atomic E-state index is 5.98. The molecule has 7 heteroatoms. The number of benzene rings is 1. The lowest BCUT2D eigenvalue weighted by Crippen LogP contribution is -2.56. The Kier molecular flexibility index (Phi) is 6.37. The Bertz CT molecular complexity index is 1040. The highest BCUT2D eigenvalue weighted by Gasteiger charge is 2.33. The van der Waals surface area contributed by atoms with E-state index >= 15 is 0 Å². The van der Waals surface area contributed by atoms with Gasteiger partial charge >= 0.3 is 0 Å². The second kappa shape index (κ2) is 9.55. The number of methoxy groups -OCH3 is 1. The monoisotopic (exact) mass is 435 g/mol. The summed E-state index contributed by atoms with van der Waals surface area (Å²) in [4.78, 5) is 11.8. The van der Waals surface area contributed by atoms with Gasteiger partial charge in [0.25, 0.3) is 5.89 Å². The molecule has 2 unspecified atom stereocenters. The van der Waals surface area contributed by atoms with Gasteiger partial charge in [-0.3, -0.25) is 0 Å². The standard InChI is InChI=1S/C25H33N5O2/c1-17-26-25(32-29-17)20-15-18-9-7-8-12-21(18)28-24(20)30-14-13-22(23(16-30)31-2)27-19-10-5-3-4-6-11-19/h7-9,12,15,19,22-23,27H,3-6,10-11,13-14,16H2,1-2H3. The molecule has 0 amide bonds. The Hall–Kier alpha value is -2.51. The first-order valence-electron chi connectivity index (χ1n) is 12.0. The number of piperidine rings is 1. The van der Waals surface area contributed by atoms with Crippen molar-refractivity contribution < 1.29 is 9.26 Å². The van der Waals surface area contributed by atoms with Crippen LogP contribution in [0.4, 0.5) is 5.82 Å². The third-order valence-electron chi connectivity index (χ3n) is 6.93. The average molecular weight is 436 g/mol.